The number of hydrogen-bond acceptors (Lipinski definition) is 7. The number of hydrogen-bond donors (Lipinski definition) is 2. The van der Waals surface area contributed by atoms with Crippen molar-refractivity contribution in [1.82, 2.24) is 29.8 Å². The fourth-order valence-electron chi connectivity index (χ4n) is 8.10. The first-order chi connectivity index (χ1) is 23.4. The van der Waals surface area contributed by atoms with Gasteiger partial charge in [0.1, 0.15) is 23.9 Å². The number of nitrogens with zero attached hydrogens (tertiary/aromatic N) is 6. The predicted molar refractivity (Wildman–Crippen MR) is 191 cm³/mol. The zero-order chi connectivity index (χ0) is 35.3. The van der Waals surface area contributed by atoms with Gasteiger partial charge in [0.25, 0.3) is 5.91 Å². The van der Waals surface area contributed by atoms with Gasteiger partial charge in [0, 0.05) is 38.0 Å². The molecule has 1 atom stereocenters. The van der Waals surface area contributed by atoms with E-state index in [2.05, 4.69) is 45.4 Å². The fourth-order valence-corrected chi connectivity index (χ4v) is 8.85. The second-order valence-electron chi connectivity index (χ2n) is 15.3. The van der Waals surface area contributed by atoms with Crippen molar-refractivity contribution in [2.45, 2.75) is 130 Å². The summed E-state index contributed by atoms with van der Waals surface area (Å²) in [6.45, 7) is 13.9. The summed E-state index contributed by atoms with van der Waals surface area (Å²) < 4.78 is 25.0. The van der Waals surface area contributed by atoms with Crippen molar-refractivity contribution in [3.8, 4) is 11.1 Å². The van der Waals surface area contributed by atoms with Crippen molar-refractivity contribution in [3.05, 3.63) is 40.9 Å². The minimum Gasteiger partial charge on any atom is -0.364 e. The molecule has 5 rings (SSSR count). The summed E-state index contributed by atoms with van der Waals surface area (Å²) in [6, 6.07) is 4.32. The molecule has 3 N–H and O–H groups in total. The van der Waals surface area contributed by atoms with Gasteiger partial charge in [-0.2, -0.15) is 9.49 Å². The van der Waals surface area contributed by atoms with Gasteiger partial charge in [0.15, 0.2) is 0 Å². The normalized spacial score (nSPS) is 17.1. The van der Waals surface area contributed by atoms with Crippen molar-refractivity contribution in [2.75, 3.05) is 11.9 Å². The van der Waals surface area contributed by atoms with Crippen molar-refractivity contribution in [2.24, 2.45) is 23.5 Å². The quantitative estimate of drug-likeness (QED) is 0.103. The van der Waals surface area contributed by atoms with Gasteiger partial charge in [-0.25, -0.2) is 14.3 Å². The molecule has 3 aromatic heterocycles. The largest absolute Gasteiger partial charge is 0.364 e. The standard InChI is InChI=1S/C36H55FN8O3Si/c1-7-44-33(35(38)46)32(41-43-44)31(30(25-14-10-8-11-15-25)26-16-12-9-13-17-26)36(47)40-28-19-18-27(34(37)39-28)29-23(2)42-45(24(29)3)22-48-20-21-49(4,5)6/h18-19,25-26,30-31H,7-17,20-22H2,1-6H3,(H2,38,46)(H,39,40,47). The molecule has 13 heteroatoms. The van der Waals surface area contributed by atoms with E-state index < -0.39 is 25.8 Å². The van der Waals surface area contributed by atoms with E-state index in [4.69, 9.17) is 10.5 Å². The molecule has 2 aliphatic carbocycles. The Hall–Kier alpha value is -3.45. The number of rotatable bonds is 14. The summed E-state index contributed by atoms with van der Waals surface area (Å²) in [6.07, 6.45) is 10.9. The van der Waals surface area contributed by atoms with Crippen LogP contribution < -0.4 is 11.1 Å². The van der Waals surface area contributed by atoms with Crippen molar-refractivity contribution in [3.63, 3.8) is 0 Å². The van der Waals surface area contributed by atoms with Crippen LogP contribution >= 0.6 is 0 Å². The summed E-state index contributed by atoms with van der Waals surface area (Å²) in [5.74, 6) is -1.85. The van der Waals surface area contributed by atoms with Crippen molar-refractivity contribution >= 4 is 25.7 Å². The Kier molecular flexibility index (Phi) is 12.1. The molecule has 0 spiro atoms. The van der Waals surface area contributed by atoms with Gasteiger partial charge in [-0.1, -0.05) is 89.1 Å². The maximum atomic E-state index is 15.9. The second kappa shape index (κ2) is 16.1. The lowest BCUT2D eigenvalue weighted by molar-refractivity contribution is -0.120. The molecule has 11 nitrogen and oxygen atoms in total. The number of amides is 2. The first kappa shape index (κ1) is 36.8. The average molecular weight is 695 g/mol. The minimum atomic E-state index is -1.22. The third kappa shape index (κ3) is 8.65. The number of primary amides is 1. The zero-order valence-electron chi connectivity index (χ0n) is 30.2. The molecule has 2 saturated carbocycles. The van der Waals surface area contributed by atoms with Gasteiger partial charge in [0.2, 0.25) is 11.9 Å². The summed E-state index contributed by atoms with van der Waals surface area (Å²) in [4.78, 5) is 31.6. The third-order valence-corrected chi connectivity index (χ3v) is 12.3. The lowest BCUT2D eigenvalue weighted by atomic mass is 9.63. The highest BCUT2D eigenvalue weighted by molar-refractivity contribution is 6.76. The lowest BCUT2D eigenvalue weighted by Crippen LogP contribution is -2.39. The van der Waals surface area contributed by atoms with Crippen LogP contribution in [0.5, 0.6) is 0 Å². The van der Waals surface area contributed by atoms with E-state index in [9.17, 15) is 9.59 Å². The van der Waals surface area contributed by atoms with Crippen LogP contribution in [0.4, 0.5) is 10.2 Å². The monoisotopic (exact) mass is 694 g/mol. The second-order valence-corrected chi connectivity index (χ2v) is 20.9. The highest BCUT2D eigenvalue weighted by atomic mass is 28.3. The molecule has 0 aliphatic heterocycles. The molecule has 0 aromatic carbocycles. The van der Waals surface area contributed by atoms with E-state index in [0.717, 1.165) is 63.1 Å². The number of aryl methyl sites for hydroxylation is 2. The topological polar surface area (TPSA) is 143 Å². The van der Waals surface area contributed by atoms with Gasteiger partial charge in [0.05, 0.1) is 11.6 Å². The number of halogens is 1. The Morgan fingerprint density at radius 1 is 1.02 bits per heavy atom. The molecular weight excluding hydrogens is 640 g/mol. The van der Waals surface area contributed by atoms with E-state index in [1.165, 1.54) is 17.5 Å². The SMILES string of the molecule is CCn1nnc(C(C(=O)Nc2ccc(-c3c(C)nn(COCC[Si](C)(C)C)c3C)c(F)n2)C(C2CCCCC2)C2CCCCC2)c1C(N)=O. The van der Waals surface area contributed by atoms with E-state index in [1.807, 2.05) is 20.8 Å². The molecule has 2 amide bonds. The summed E-state index contributed by atoms with van der Waals surface area (Å²) in [5, 5.41) is 16.2. The Bertz CT molecular complexity index is 1590. The van der Waals surface area contributed by atoms with Crippen LogP contribution in [0.3, 0.4) is 0 Å². The van der Waals surface area contributed by atoms with Crippen LogP contribution in [0.25, 0.3) is 11.1 Å². The average Bonchev–Trinajstić information content (AvgIpc) is 3.62. The van der Waals surface area contributed by atoms with E-state index in [-0.39, 0.29) is 23.3 Å². The van der Waals surface area contributed by atoms with Crippen molar-refractivity contribution < 1.29 is 18.7 Å². The number of nitrogens with two attached hydrogens (primary N) is 1. The van der Waals surface area contributed by atoms with E-state index in [1.54, 1.807) is 16.8 Å². The smallest absolute Gasteiger partial charge is 0.268 e. The summed E-state index contributed by atoms with van der Waals surface area (Å²) in [7, 11) is -1.22. The zero-order valence-corrected chi connectivity index (χ0v) is 31.2. The third-order valence-electron chi connectivity index (χ3n) is 10.6. The molecule has 0 saturated heterocycles. The molecule has 3 heterocycles. The molecule has 0 bridgehead atoms. The van der Waals surface area contributed by atoms with Gasteiger partial charge in [-0.15, -0.1) is 5.10 Å². The maximum Gasteiger partial charge on any atom is 0.268 e. The number of aromatic nitrogens is 6. The molecule has 2 fully saturated rings. The van der Waals surface area contributed by atoms with Crippen LogP contribution in [0.15, 0.2) is 12.1 Å². The number of anilines is 1. The highest BCUT2D eigenvalue weighted by Gasteiger charge is 2.44. The maximum absolute atomic E-state index is 15.9. The number of carbonyl (C=O) groups excluding carboxylic acids is 2. The minimum absolute atomic E-state index is 0.0473. The summed E-state index contributed by atoms with van der Waals surface area (Å²) >= 11 is 0. The molecule has 49 heavy (non-hydrogen) atoms. The van der Waals surface area contributed by atoms with Gasteiger partial charge >= 0.3 is 0 Å². The Morgan fingerprint density at radius 3 is 2.20 bits per heavy atom. The highest BCUT2D eigenvalue weighted by Crippen LogP contribution is 2.47. The Morgan fingerprint density at radius 2 is 1.65 bits per heavy atom. The van der Waals surface area contributed by atoms with Crippen LogP contribution in [0.2, 0.25) is 25.7 Å². The predicted octanol–water partition coefficient (Wildman–Crippen LogP) is 7.22. The van der Waals surface area contributed by atoms with E-state index >= 15 is 4.39 Å². The molecular formula is C36H55FN8O3Si. The van der Waals surface area contributed by atoms with Crippen LogP contribution in [0, 0.1) is 37.5 Å². The van der Waals surface area contributed by atoms with Crippen LogP contribution in [-0.2, 0) is 22.8 Å². The number of ether oxygens (including phenoxy) is 1. The van der Waals surface area contributed by atoms with Crippen molar-refractivity contribution in [1.29, 1.82) is 0 Å². The lowest BCUT2D eigenvalue weighted by Gasteiger charge is -2.41. The number of nitrogens with one attached hydrogen (secondary N) is 1. The molecule has 1 unspecified atom stereocenters. The molecule has 3 aromatic rings. The fraction of sp³-hybridized carbons (Fsp3) is 0.667. The van der Waals surface area contributed by atoms with Gasteiger partial charge in [-0.3, -0.25) is 9.59 Å². The first-order valence-electron chi connectivity index (χ1n) is 18.2. The first-order valence-corrected chi connectivity index (χ1v) is 21.9. The van der Waals surface area contributed by atoms with Gasteiger partial charge < -0.3 is 15.8 Å². The van der Waals surface area contributed by atoms with Crippen LogP contribution in [0.1, 0.15) is 105 Å². The summed E-state index contributed by atoms with van der Waals surface area (Å²) in [5.41, 5.74) is 8.81. The van der Waals surface area contributed by atoms with E-state index in [0.29, 0.717) is 54.2 Å². The Labute approximate surface area is 291 Å². The number of pyridine rings is 1. The molecule has 268 valence electrons. The van der Waals surface area contributed by atoms with Gasteiger partial charge in [-0.05, 0) is 56.7 Å². The Balaban J connectivity index is 1.45. The molecule has 2 aliphatic rings. The molecule has 0 radical (unpaired) electrons. The number of carbonyl (C=O) groups is 2. The van der Waals surface area contributed by atoms with Crippen LogP contribution in [-0.4, -0.2) is 56.3 Å².